The Morgan fingerprint density at radius 3 is 2.27 bits per heavy atom. The Kier molecular flexibility index (Phi) is 8.04. The lowest BCUT2D eigenvalue weighted by Crippen LogP contribution is -2.60. The number of para-hydroxylation sites is 1. The summed E-state index contributed by atoms with van der Waals surface area (Å²) < 4.78 is 5.63. The Morgan fingerprint density at radius 2 is 1.60 bits per heavy atom. The fourth-order valence-electron chi connectivity index (χ4n) is 7.92. The van der Waals surface area contributed by atoms with Crippen LogP contribution in [0.4, 0.5) is 5.69 Å². The molecule has 2 aliphatic carbocycles. The minimum Gasteiger partial charge on any atom is -0.504 e. The van der Waals surface area contributed by atoms with Crippen molar-refractivity contribution in [2.24, 2.45) is 17.8 Å². The Labute approximate surface area is 294 Å². The summed E-state index contributed by atoms with van der Waals surface area (Å²) in [6.45, 7) is 2.01. The molecule has 3 aromatic carbocycles. The number of imide groups is 2. The fraction of sp³-hybridized carbons (Fsp3) is 0.306. The average Bonchev–Trinajstić information content (AvgIpc) is 3.43. The number of carbonyl (C=O) groups excluding carboxylic acids is 5. The minimum absolute atomic E-state index is 0.158. The van der Waals surface area contributed by atoms with E-state index in [0.717, 1.165) is 9.80 Å². The molecule has 1 N–H and O–H groups in total. The zero-order chi connectivity index (χ0) is 34.1. The molecule has 6 unspecified atom stereocenters. The number of fused-ring (bicyclic) bond motifs is 4. The molecule has 0 spiro atoms. The highest BCUT2D eigenvalue weighted by Crippen LogP contribution is 2.66. The number of halogens is 3. The third-order valence-corrected chi connectivity index (χ3v) is 12.0. The Hall–Kier alpha value is -3.99. The largest absolute Gasteiger partial charge is 0.504 e. The average molecular weight is 752 g/mol. The summed E-state index contributed by atoms with van der Waals surface area (Å²) in [5.41, 5.74) is 1.84. The molecule has 0 aromatic heterocycles. The Balaban J connectivity index is 1.30. The molecule has 6 atom stereocenters. The van der Waals surface area contributed by atoms with Crippen LogP contribution in [0.5, 0.6) is 11.5 Å². The standard InChI is InChI=1S/C36H29BrCl2N2O7/c1-2-48-26-10-6-9-24(30(26)43)28-22-15-16-23-27(25(22)17-35(38)33(46)40(18-37)34(47)36(28,35)39)32(45)41(31(23)44)21-13-11-20(12-14-21)29(42)19-7-4-3-5-8-19/h3-15,23,25,27-28,43H,2,16-18H2,1H3. The molecule has 12 heteroatoms. The second-order valence-corrected chi connectivity index (χ2v) is 14.1. The summed E-state index contributed by atoms with van der Waals surface area (Å²) in [5, 5.41) is 11.4. The van der Waals surface area contributed by atoms with Gasteiger partial charge in [-0.3, -0.25) is 33.8 Å². The van der Waals surface area contributed by atoms with E-state index in [1.807, 2.05) is 6.07 Å². The van der Waals surface area contributed by atoms with Gasteiger partial charge in [0.15, 0.2) is 27.0 Å². The van der Waals surface area contributed by atoms with E-state index in [2.05, 4.69) is 15.9 Å². The van der Waals surface area contributed by atoms with Crippen molar-refractivity contribution in [3.05, 3.63) is 101 Å². The number of nitrogens with zero attached hydrogens (tertiary/aromatic N) is 2. The lowest BCUT2D eigenvalue weighted by atomic mass is 9.56. The number of aromatic hydroxyl groups is 1. The van der Waals surface area contributed by atoms with E-state index in [9.17, 15) is 29.1 Å². The highest BCUT2D eigenvalue weighted by molar-refractivity contribution is 9.09. The van der Waals surface area contributed by atoms with Gasteiger partial charge in [-0.25, -0.2) is 0 Å². The summed E-state index contributed by atoms with van der Waals surface area (Å²) in [6, 6.07) is 19.9. The van der Waals surface area contributed by atoms with Crippen molar-refractivity contribution >= 4 is 74.2 Å². The predicted molar refractivity (Wildman–Crippen MR) is 181 cm³/mol. The van der Waals surface area contributed by atoms with Gasteiger partial charge in [0.05, 0.1) is 29.6 Å². The fourth-order valence-corrected chi connectivity index (χ4v) is 9.33. The lowest BCUT2D eigenvalue weighted by Gasteiger charge is -2.50. The summed E-state index contributed by atoms with van der Waals surface area (Å²) in [7, 11) is 0. The van der Waals surface area contributed by atoms with Crippen LogP contribution >= 0.6 is 39.1 Å². The number of amides is 4. The van der Waals surface area contributed by atoms with E-state index in [1.165, 1.54) is 0 Å². The van der Waals surface area contributed by atoms with Gasteiger partial charge in [0.1, 0.15) is 0 Å². The first-order valence-electron chi connectivity index (χ1n) is 15.5. The number of benzene rings is 3. The molecule has 2 saturated heterocycles. The molecule has 3 fully saturated rings. The number of allylic oxidation sites excluding steroid dienone is 2. The molecule has 7 rings (SSSR count). The summed E-state index contributed by atoms with van der Waals surface area (Å²) in [6.07, 6.45) is 1.78. The van der Waals surface area contributed by atoms with Gasteiger partial charge in [0, 0.05) is 22.6 Å². The quantitative estimate of drug-likeness (QED) is 0.104. The van der Waals surface area contributed by atoms with Crippen LogP contribution in [0.2, 0.25) is 0 Å². The van der Waals surface area contributed by atoms with Gasteiger partial charge < -0.3 is 9.84 Å². The van der Waals surface area contributed by atoms with Crippen LogP contribution in [0.1, 0.15) is 47.2 Å². The van der Waals surface area contributed by atoms with Gasteiger partial charge >= 0.3 is 0 Å². The van der Waals surface area contributed by atoms with Crippen LogP contribution in [-0.2, 0) is 19.2 Å². The zero-order valence-corrected chi connectivity index (χ0v) is 28.7. The number of phenols is 1. The molecule has 9 nitrogen and oxygen atoms in total. The number of ether oxygens (including phenoxy) is 1. The number of hydrogen-bond donors (Lipinski definition) is 1. The first kappa shape index (κ1) is 32.6. The minimum atomic E-state index is -2.05. The van der Waals surface area contributed by atoms with E-state index >= 15 is 0 Å². The zero-order valence-electron chi connectivity index (χ0n) is 25.6. The molecule has 48 heavy (non-hydrogen) atoms. The summed E-state index contributed by atoms with van der Waals surface area (Å²) in [5.74, 6) is -6.21. The number of phenolic OH excluding ortho intramolecular Hbond substituents is 1. The number of anilines is 1. The third kappa shape index (κ3) is 4.45. The van der Waals surface area contributed by atoms with Crippen molar-refractivity contribution in [1.29, 1.82) is 0 Å². The number of hydrogen-bond acceptors (Lipinski definition) is 7. The monoisotopic (exact) mass is 750 g/mol. The SMILES string of the molecule is CCOc1cccc(C2C3=CCC4C(=O)N(c5ccc(C(=O)c6ccccc6)cc5)C(=O)C4C3CC3(Cl)C(=O)N(CBr)C(=O)C23Cl)c1O. The third-order valence-electron chi connectivity index (χ3n) is 10.1. The summed E-state index contributed by atoms with van der Waals surface area (Å²) in [4.78, 5) is 67.1. The molecule has 246 valence electrons. The van der Waals surface area contributed by atoms with Gasteiger partial charge in [-0.2, -0.15) is 0 Å². The molecule has 0 radical (unpaired) electrons. The molecule has 4 amide bonds. The van der Waals surface area contributed by atoms with Crippen molar-refractivity contribution in [3.63, 3.8) is 0 Å². The van der Waals surface area contributed by atoms with Crippen molar-refractivity contribution < 1.29 is 33.8 Å². The maximum absolute atomic E-state index is 14.3. The molecule has 0 bridgehead atoms. The number of likely N-dealkylation sites (tertiary alicyclic amines) is 1. The van der Waals surface area contributed by atoms with E-state index in [-0.39, 0.29) is 47.7 Å². The van der Waals surface area contributed by atoms with Crippen molar-refractivity contribution in [3.8, 4) is 11.5 Å². The van der Waals surface area contributed by atoms with Gasteiger partial charge in [0.25, 0.3) is 11.8 Å². The van der Waals surface area contributed by atoms with E-state index in [4.69, 9.17) is 27.9 Å². The molecular formula is C36H29BrCl2N2O7. The van der Waals surface area contributed by atoms with Crippen molar-refractivity contribution in [2.45, 2.75) is 35.4 Å². The number of rotatable bonds is 7. The van der Waals surface area contributed by atoms with Crippen LogP contribution in [0.15, 0.2) is 84.4 Å². The summed E-state index contributed by atoms with van der Waals surface area (Å²) >= 11 is 17.8. The van der Waals surface area contributed by atoms with Gasteiger partial charge in [-0.15, -0.1) is 23.2 Å². The highest BCUT2D eigenvalue weighted by Gasteiger charge is 2.76. The smallest absolute Gasteiger partial charge is 0.254 e. The van der Waals surface area contributed by atoms with Crippen LogP contribution in [0, 0.1) is 17.8 Å². The number of alkyl halides is 3. The van der Waals surface area contributed by atoms with Crippen molar-refractivity contribution in [1.82, 2.24) is 4.90 Å². The van der Waals surface area contributed by atoms with Gasteiger partial charge in [-0.05, 0) is 56.0 Å². The maximum Gasteiger partial charge on any atom is 0.254 e. The van der Waals surface area contributed by atoms with E-state index in [1.54, 1.807) is 79.7 Å². The molecule has 4 aliphatic rings. The normalized spacial score (nSPS) is 29.4. The number of carbonyl (C=O) groups is 5. The molecule has 2 heterocycles. The highest BCUT2D eigenvalue weighted by atomic mass is 79.9. The van der Waals surface area contributed by atoms with Gasteiger partial charge in [0.2, 0.25) is 11.8 Å². The molecule has 1 saturated carbocycles. The molecule has 3 aromatic rings. The molecular weight excluding hydrogens is 723 g/mol. The molecule has 2 aliphatic heterocycles. The predicted octanol–water partition coefficient (Wildman–Crippen LogP) is 5.94. The second-order valence-electron chi connectivity index (χ2n) is 12.4. The first-order valence-corrected chi connectivity index (χ1v) is 17.4. The van der Waals surface area contributed by atoms with Crippen LogP contribution < -0.4 is 9.64 Å². The Morgan fingerprint density at radius 1 is 0.917 bits per heavy atom. The lowest BCUT2D eigenvalue weighted by molar-refractivity contribution is -0.138. The number of ketones is 1. The van der Waals surface area contributed by atoms with Crippen LogP contribution in [-0.4, -0.2) is 61.2 Å². The van der Waals surface area contributed by atoms with Crippen LogP contribution in [0.3, 0.4) is 0 Å². The topological polar surface area (TPSA) is 121 Å². The van der Waals surface area contributed by atoms with Crippen molar-refractivity contribution in [2.75, 3.05) is 17.0 Å². The first-order chi connectivity index (χ1) is 23.0. The maximum atomic E-state index is 14.3. The second kappa shape index (κ2) is 11.9. The Bertz CT molecular complexity index is 1920. The van der Waals surface area contributed by atoms with Crippen LogP contribution in [0.25, 0.3) is 0 Å². The van der Waals surface area contributed by atoms with Gasteiger partial charge in [-0.1, -0.05) is 70.0 Å². The van der Waals surface area contributed by atoms with E-state index in [0.29, 0.717) is 22.4 Å². The van der Waals surface area contributed by atoms with E-state index < -0.39 is 57.0 Å².